The van der Waals surface area contributed by atoms with Crippen LogP contribution in [0.15, 0.2) is 18.2 Å². The maximum atomic E-state index is 12.5. The molecule has 1 amide bonds. The van der Waals surface area contributed by atoms with Crippen LogP contribution in [-0.2, 0) is 10.3 Å². The summed E-state index contributed by atoms with van der Waals surface area (Å²) in [7, 11) is 1.56. The van der Waals surface area contributed by atoms with Crippen molar-refractivity contribution in [3.63, 3.8) is 0 Å². The zero-order valence-electron chi connectivity index (χ0n) is 17.0. The van der Waals surface area contributed by atoms with Gasteiger partial charge in [0.15, 0.2) is 5.69 Å². The van der Waals surface area contributed by atoms with Gasteiger partial charge in [0.1, 0.15) is 5.75 Å². The van der Waals surface area contributed by atoms with Crippen molar-refractivity contribution in [2.45, 2.75) is 40.2 Å². The molecule has 0 unspecified atom stereocenters. The highest BCUT2D eigenvalue weighted by Gasteiger charge is 2.28. The van der Waals surface area contributed by atoms with Gasteiger partial charge in [-0.05, 0) is 46.8 Å². The smallest absolute Gasteiger partial charge is 0.272 e. The van der Waals surface area contributed by atoms with E-state index in [1.807, 2.05) is 20.8 Å². The first-order valence-electron chi connectivity index (χ1n) is 8.86. The van der Waals surface area contributed by atoms with Crippen LogP contribution < -0.4 is 10.1 Å². The third-order valence-electron chi connectivity index (χ3n) is 4.09. The number of nitrogens with zero attached hydrogens (tertiary/aromatic N) is 3. The van der Waals surface area contributed by atoms with Gasteiger partial charge in [0.05, 0.1) is 17.1 Å². The van der Waals surface area contributed by atoms with Crippen molar-refractivity contribution in [2.75, 3.05) is 20.3 Å². The van der Waals surface area contributed by atoms with E-state index in [0.29, 0.717) is 35.9 Å². The number of ether oxygens (including phenoxy) is 2. The summed E-state index contributed by atoms with van der Waals surface area (Å²) in [6.07, 6.45) is 0. The lowest BCUT2D eigenvalue weighted by Crippen LogP contribution is -2.29. The molecule has 0 aliphatic heterocycles. The van der Waals surface area contributed by atoms with Crippen LogP contribution in [0, 0.1) is 24.0 Å². The number of nitrogens with one attached hydrogen (secondary N) is 1. The molecule has 1 aromatic carbocycles. The van der Waals surface area contributed by atoms with Crippen molar-refractivity contribution in [1.82, 2.24) is 15.1 Å². The van der Waals surface area contributed by atoms with Crippen molar-refractivity contribution in [2.24, 2.45) is 0 Å². The van der Waals surface area contributed by atoms with E-state index in [-0.39, 0.29) is 17.3 Å². The van der Waals surface area contributed by atoms with E-state index < -0.39 is 10.5 Å². The van der Waals surface area contributed by atoms with Crippen LogP contribution in [0.3, 0.4) is 0 Å². The first kappa shape index (κ1) is 21.4. The summed E-state index contributed by atoms with van der Waals surface area (Å²) in [4.78, 5) is 23.1. The molecule has 9 nitrogen and oxygen atoms in total. The molecule has 0 bridgehead atoms. The highest BCUT2D eigenvalue weighted by molar-refractivity contribution is 5.94. The minimum atomic E-state index is -0.443. The number of nitro groups is 1. The Kier molecular flexibility index (Phi) is 6.40. The van der Waals surface area contributed by atoms with Crippen LogP contribution in [0.25, 0.3) is 0 Å². The lowest BCUT2D eigenvalue weighted by atomic mass is 10.1. The van der Waals surface area contributed by atoms with Crippen LogP contribution in [-0.4, -0.2) is 40.9 Å². The lowest BCUT2D eigenvalue weighted by Gasteiger charge is -2.22. The van der Waals surface area contributed by atoms with Gasteiger partial charge in [0.2, 0.25) is 5.88 Å². The van der Waals surface area contributed by atoms with Crippen molar-refractivity contribution in [3.05, 3.63) is 45.1 Å². The SMILES string of the molecule is COCCNC(=O)c1nn(C(C)(C)C)c(Oc2ccc([N+](=O)[O-])c(C)c2)c1C. The summed E-state index contributed by atoms with van der Waals surface area (Å²) < 4.78 is 12.6. The predicted octanol–water partition coefficient (Wildman–Crippen LogP) is 3.33. The molecule has 2 rings (SSSR count). The fourth-order valence-electron chi connectivity index (χ4n) is 2.63. The van der Waals surface area contributed by atoms with Gasteiger partial charge in [0.25, 0.3) is 11.6 Å². The van der Waals surface area contributed by atoms with Crippen molar-refractivity contribution < 1.29 is 19.2 Å². The van der Waals surface area contributed by atoms with Gasteiger partial charge in [0, 0.05) is 30.8 Å². The molecular formula is C19H26N4O5. The second-order valence-electron chi connectivity index (χ2n) is 7.42. The van der Waals surface area contributed by atoms with Crippen LogP contribution in [0.2, 0.25) is 0 Å². The van der Waals surface area contributed by atoms with Crippen molar-refractivity contribution in [1.29, 1.82) is 0 Å². The molecule has 9 heteroatoms. The summed E-state index contributed by atoms with van der Waals surface area (Å²) in [6.45, 7) is 10.0. The number of aryl methyl sites for hydroxylation is 1. The molecule has 0 aliphatic carbocycles. The monoisotopic (exact) mass is 390 g/mol. The molecule has 1 heterocycles. The Morgan fingerprint density at radius 1 is 1.32 bits per heavy atom. The average Bonchev–Trinajstić information content (AvgIpc) is 2.92. The molecule has 1 aromatic heterocycles. The third kappa shape index (κ3) is 4.66. The Labute approximate surface area is 163 Å². The number of benzene rings is 1. The Morgan fingerprint density at radius 3 is 2.54 bits per heavy atom. The molecule has 152 valence electrons. The van der Waals surface area contributed by atoms with Gasteiger partial charge >= 0.3 is 0 Å². The lowest BCUT2D eigenvalue weighted by molar-refractivity contribution is -0.385. The normalized spacial score (nSPS) is 11.4. The Bertz CT molecular complexity index is 883. The van der Waals surface area contributed by atoms with E-state index in [2.05, 4.69) is 10.4 Å². The topological polar surface area (TPSA) is 109 Å². The molecule has 0 atom stereocenters. The molecule has 2 aromatic rings. The Hall–Kier alpha value is -2.94. The van der Waals surface area contributed by atoms with Gasteiger partial charge in [-0.25, -0.2) is 4.68 Å². The fourth-order valence-corrected chi connectivity index (χ4v) is 2.63. The maximum Gasteiger partial charge on any atom is 0.272 e. The zero-order valence-corrected chi connectivity index (χ0v) is 17.0. The third-order valence-corrected chi connectivity index (χ3v) is 4.09. The minimum absolute atomic E-state index is 0.0200. The van der Waals surface area contributed by atoms with Gasteiger partial charge in [-0.2, -0.15) is 5.10 Å². The molecule has 1 N–H and O–H groups in total. The summed E-state index contributed by atoms with van der Waals surface area (Å²) in [6, 6.07) is 4.52. The summed E-state index contributed by atoms with van der Waals surface area (Å²) in [5.74, 6) is 0.530. The molecule has 0 aliphatic rings. The molecule has 0 spiro atoms. The van der Waals surface area contributed by atoms with Crippen LogP contribution in [0.4, 0.5) is 5.69 Å². The number of nitro benzene ring substituents is 1. The van der Waals surface area contributed by atoms with Crippen LogP contribution >= 0.6 is 0 Å². The first-order chi connectivity index (χ1) is 13.1. The predicted molar refractivity (Wildman–Crippen MR) is 104 cm³/mol. The van der Waals surface area contributed by atoms with E-state index in [1.165, 1.54) is 12.1 Å². The number of hydrogen-bond donors (Lipinski definition) is 1. The summed E-state index contributed by atoms with van der Waals surface area (Å²) in [5.41, 5.74) is 0.910. The number of carbonyl (C=O) groups excluding carboxylic acids is 1. The van der Waals surface area contributed by atoms with Crippen molar-refractivity contribution in [3.8, 4) is 11.6 Å². The fraction of sp³-hybridized carbons (Fsp3) is 0.474. The molecule has 0 saturated heterocycles. The number of amides is 1. The maximum absolute atomic E-state index is 12.5. The van der Waals surface area contributed by atoms with Gasteiger partial charge < -0.3 is 14.8 Å². The van der Waals surface area contributed by atoms with Crippen LogP contribution in [0.5, 0.6) is 11.6 Å². The molecule has 28 heavy (non-hydrogen) atoms. The van der Waals surface area contributed by atoms with Gasteiger partial charge in [-0.3, -0.25) is 14.9 Å². The largest absolute Gasteiger partial charge is 0.439 e. The van der Waals surface area contributed by atoms with Crippen LogP contribution in [0.1, 0.15) is 42.4 Å². The first-order valence-corrected chi connectivity index (χ1v) is 8.86. The molecule has 0 fully saturated rings. The Morgan fingerprint density at radius 2 is 2.00 bits per heavy atom. The van der Waals surface area contributed by atoms with Gasteiger partial charge in [-0.15, -0.1) is 0 Å². The van der Waals surface area contributed by atoms with Gasteiger partial charge in [-0.1, -0.05) is 0 Å². The highest BCUT2D eigenvalue weighted by atomic mass is 16.6. The second kappa shape index (κ2) is 8.39. The minimum Gasteiger partial charge on any atom is -0.439 e. The average molecular weight is 390 g/mol. The highest BCUT2D eigenvalue weighted by Crippen LogP contribution is 2.33. The Balaban J connectivity index is 2.41. The van der Waals surface area contributed by atoms with E-state index in [1.54, 1.807) is 31.7 Å². The molecule has 0 saturated carbocycles. The number of rotatable bonds is 7. The standard InChI is InChI=1S/C19H26N4O5/c1-12-11-14(7-8-15(12)23(25)26)28-18-13(2)16(17(24)20-9-10-27-6)21-22(18)19(3,4)5/h7-8,11H,9-10H2,1-6H3,(H,20,24). The van der Waals surface area contributed by atoms with E-state index in [4.69, 9.17) is 9.47 Å². The number of hydrogen-bond acceptors (Lipinski definition) is 6. The second-order valence-corrected chi connectivity index (χ2v) is 7.42. The molecular weight excluding hydrogens is 364 g/mol. The van der Waals surface area contributed by atoms with E-state index >= 15 is 0 Å². The summed E-state index contributed by atoms with van der Waals surface area (Å²) in [5, 5.41) is 18.2. The molecule has 0 radical (unpaired) electrons. The number of aromatic nitrogens is 2. The quantitative estimate of drug-likeness (QED) is 0.441. The number of methoxy groups -OCH3 is 1. The number of carbonyl (C=O) groups is 1. The summed E-state index contributed by atoms with van der Waals surface area (Å²) >= 11 is 0. The van der Waals surface area contributed by atoms with Crippen molar-refractivity contribution >= 4 is 11.6 Å². The zero-order chi connectivity index (χ0) is 21.1. The van der Waals surface area contributed by atoms with E-state index in [0.717, 1.165) is 0 Å². The van der Waals surface area contributed by atoms with E-state index in [9.17, 15) is 14.9 Å².